The molecule has 0 spiro atoms. The highest BCUT2D eigenvalue weighted by atomic mass is 19.4. The summed E-state index contributed by atoms with van der Waals surface area (Å²) in [5, 5.41) is 13.6. The number of carbonyl (C=O) groups excluding carboxylic acids is 1. The van der Waals surface area contributed by atoms with Gasteiger partial charge in [-0.2, -0.15) is 23.0 Å². The highest BCUT2D eigenvalue weighted by molar-refractivity contribution is 6.04. The lowest BCUT2D eigenvalue weighted by molar-refractivity contribution is -0.137. The number of hydrogen-bond acceptors (Lipinski definition) is 8. The van der Waals surface area contributed by atoms with Gasteiger partial charge in [0.2, 0.25) is 0 Å². The fourth-order valence-electron chi connectivity index (χ4n) is 4.91. The third-order valence-electron chi connectivity index (χ3n) is 7.13. The molecule has 1 aliphatic heterocycles. The molecule has 1 amide bonds. The van der Waals surface area contributed by atoms with Gasteiger partial charge in [-0.1, -0.05) is 6.07 Å². The molecule has 0 unspecified atom stereocenters. The Morgan fingerprint density at radius 3 is 2.65 bits per heavy atom. The summed E-state index contributed by atoms with van der Waals surface area (Å²) in [7, 11) is 3.56. The Balaban J connectivity index is 1.38. The highest BCUT2D eigenvalue weighted by Crippen LogP contribution is 2.32. The molecule has 1 atom stereocenters. The standard InChI is InChI=1S/C30H33F3N8O2/c1-18-7-8-23(14-24(18)38-27-10-19(2)39-41(27)26-15-25(34-3)35-17-36-26)37-29(42)21-11-20(12-22(13-21)30(31,32)33)16-40(4)28-6-5-9-43-28/h7-8,10-15,17,28,38H,5-6,9,16H2,1-4H3,(H,37,42)(H,34,35,36)/t28-/m0/s1. The van der Waals surface area contributed by atoms with Crippen molar-refractivity contribution in [3.05, 3.63) is 82.8 Å². The van der Waals surface area contributed by atoms with Crippen molar-refractivity contribution in [1.82, 2.24) is 24.6 Å². The third-order valence-corrected chi connectivity index (χ3v) is 7.13. The quantitative estimate of drug-likeness (QED) is 0.220. The number of alkyl halides is 3. The molecule has 1 saturated heterocycles. The number of amides is 1. The fraction of sp³-hybridized carbons (Fsp3) is 0.333. The van der Waals surface area contributed by atoms with E-state index in [1.54, 1.807) is 37.0 Å². The average Bonchev–Trinajstić information content (AvgIpc) is 3.64. The second-order valence-corrected chi connectivity index (χ2v) is 10.5. The van der Waals surface area contributed by atoms with Crippen LogP contribution in [-0.4, -0.2) is 57.5 Å². The largest absolute Gasteiger partial charge is 0.416 e. The maximum Gasteiger partial charge on any atom is 0.416 e. The van der Waals surface area contributed by atoms with Crippen LogP contribution in [0.1, 0.15) is 45.6 Å². The van der Waals surface area contributed by atoms with Crippen molar-refractivity contribution >= 4 is 28.9 Å². The van der Waals surface area contributed by atoms with Gasteiger partial charge in [-0.15, -0.1) is 0 Å². The van der Waals surface area contributed by atoms with E-state index in [1.165, 1.54) is 12.4 Å². The number of rotatable bonds is 9. The lowest BCUT2D eigenvalue weighted by Gasteiger charge is -2.24. The van der Waals surface area contributed by atoms with Crippen LogP contribution in [0.2, 0.25) is 0 Å². The number of hydrogen-bond donors (Lipinski definition) is 3. The van der Waals surface area contributed by atoms with Crippen LogP contribution in [0.25, 0.3) is 5.82 Å². The first-order valence-corrected chi connectivity index (χ1v) is 13.8. The van der Waals surface area contributed by atoms with E-state index in [1.807, 2.05) is 30.9 Å². The zero-order chi connectivity index (χ0) is 30.7. The van der Waals surface area contributed by atoms with Gasteiger partial charge in [0.25, 0.3) is 5.91 Å². The maximum atomic E-state index is 13.8. The zero-order valence-corrected chi connectivity index (χ0v) is 24.3. The van der Waals surface area contributed by atoms with Gasteiger partial charge in [0.1, 0.15) is 24.2 Å². The molecule has 3 heterocycles. The van der Waals surface area contributed by atoms with Crippen LogP contribution in [0.15, 0.2) is 54.9 Å². The lowest BCUT2D eigenvalue weighted by Crippen LogP contribution is -2.30. The second-order valence-electron chi connectivity index (χ2n) is 10.5. The Morgan fingerprint density at radius 1 is 1.12 bits per heavy atom. The van der Waals surface area contributed by atoms with Gasteiger partial charge in [-0.25, -0.2) is 9.97 Å². The van der Waals surface area contributed by atoms with Gasteiger partial charge in [0.05, 0.1) is 11.3 Å². The second kappa shape index (κ2) is 12.4. The first-order chi connectivity index (χ1) is 20.5. The number of nitrogens with zero attached hydrogens (tertiary/aromatic N) is 5. The van der Waals surface area contributed by atoms with E-state index >= 15 is 0 Å². The molecular weight excluding hydrogens is 561 g/mol. The van der Waals surface area contributed by atoms with Gasteiger partial charge >= 0.3 is 6.18 Å². The zero-order valence-electron chi connectivity index (χ0n) is 24.3. The van der Waals surface area contributed by atoms with Crippen molar-refractivity contribution in [1.29, 1.82) is 0 Å². The fourth-order valence-corrected chi connectivity index (χ4v) is 4.91. The first-order valence-electron chi connectivity index (χ1n) is 13.8. The van der Waals surface area contributed by atoms with E-state index in [9.17, 15) is 18.0 Å². The maximum absolute atomic E-state index is 13.8. The Kier molecular flexibility index (Phi) is 8.64. The normalized spacial score (nSPS) is 15.1. The minimum Gasteiger partial charge on any atom is -0.373 e. The van der Waals surface area contributed by atoms with Crippen molar-refractivity contribution in [3.63, 3.8) is 0 Å². The minimum absolute atomic E-state index is 0.0848. The molecule has 10 nitrogen and oxygen atoms in total. The molecule has 226 valence electrons. The number of aromatic nitrogens is 4. The molecular formula is C30H33F3N8O2. The van der Waals surface area contributed by atoms with Crippen LogP contribution >= 0.6 is 0 Å². The molecule has 3 N–H and O–H groups in total. The van der Waals surface area contributed by atoms with Crippen LogP contribution in [0.4, 0.5) is 36.2 Å². The molecule has 5 rings (SSSR count). The number of nitrogens with one attached hydrogen (secondary N) is 3. The monoisotopic (exact) mass is 594 g/mol. The Bertz CT molecular complexity index is 1620. The molecule has 0 radical (unpaired) electrons. The summed E-state index contributed by atoms with van der Waals surface area (Å²) in [6, 6.07) is 12.3. The van der Waals surface area contributed by atoms with E-state index in [4.69, 9.17) is 4.74 Å². The Morgan fingerprint density at radius 2 is 1.93 bits per heavy atom. The van der Waals surface area contributed by atoms with Crippen LogP contribution in [0.3, 0.4) is 0 Å². The van der Waals surface area contributed by atoms with E-state index < -0.39 is 17.6 Å². The van der Waals surface area contributed by atoms with E-state index in [2.05, 4.69) is 31.0 Å². The lowest BCUT2D eigenvalue weighted by atomic mass is 10.0. The van der Waals surface area contributed by atoms with Crippen LogP contribution in [-0.2, 0) is 17.5 Å². The van der Waals surface area contributed by atoms with E-state index in [-0.39, 0.29) is 18.3 Å². The van der Waals surface area contributed by atoms with Crippen molar-refractivity contribution in [3.8, 4) is 5.82 Å². The molecule has 1 fully saturated rings. The van der Waals surface area contributed by atoms with Gasteiger partial charge in [-0.3, -0.25) is 9.69 Å². The van der Waals surface area contributed by atoms with Gasteiger partial charge in [0.15, 0.2) is 5.82 Å². The number of aryl methyl sites for hydroxylation is 2. The summed E-state index contributed by atoms with van der Waals surface area (Å²) in [6.07, 6.45) is -1.62. The molecule has 4 aromatic rings. The molecule has 0 aliphatic carbocycles. The Hall–Kier alpha value is -4.49. The van der Waals surface area contributed by atoms with Crippen LogP contribution < -0.4 is 16.0 Å². The highest BCUT2D eigenvalue weighted by Gasteiger charge is 2.32. The molecule has 1 aliphatic rings. The average molecular weight is 595 g/mol. The molecule has 0 bridgehead atoms. The van der Waals surface area contributed by atoms with Crippen molar-refractivity contribution in [2.75, 3.05) is 36.7 Å². The summed E-state index contributed by atoms with van der Waals surface area (Å²) in [4.78, 5) is 23.6. The number of anilines is 4. The number of ether oxygens (including phenoxy) is 1. The number of halogens is 3. The van der Waals surface area contributed by atoms with Crippen LogP contribution in [0.5, 0.6) is 0 Å². The summed E-state index contributed by atoms with van der Waals surface area (Å²) in [6.45, 7) is 4.59. The minimum atomic E-state index is -4.60. The Labute approximate surface area is 247 Å². The molecule has 0 saturated carbocycles. The predicted octanol–water partition coefficient (Wildman–Crippen LogP) is 5.90. The summed E-state index contributed by atoms with van der Waals surface area (Å²) >= 11 is 0. The third kappa shape index (κ3) is 7.12. The molecule has 2 aromatic heterocycles. The molecule has 2 aromatic carbocycles. The molecule has 13 heteroatoms. The number of benzene rings is 2. The number of carbonyl (C=O) groups is 1. The van der Waals surface area contributed by atoms with Gasteiger partial charge in [0, 0.05) is 49.3 Å². The molecule has 43 heavy (non-hydrogen) atoms. The SMILES string of the molecule is CNc1cc(-n2nc(C)cc2Nc2cc(NC(=O)c3cc(CN(C)[C@@H]4CCCO4)cc(C(F)(F)F)c3)ccc2C)ncn1. The van der Waals surface area contributed by atoms with Gasteiger partial charge in [-0.05, 0) is 75.2 Å². The first kappa shape index (κ1) is 30.0. The van der Waals surface area contributed by atoms with Crippen LogP contribution in [0, 0.1) is 13.8 Å². The summed E-state index contributed by atoms with van der Waals surface area (Å²) in [5.41, 5.74) is 2.12. The van der Waals surface area contributed by atoms with Crippen molar-refractivity contribution < 1.29 is 22.7 Å². The smallest absolute Gasteiger partial charge is 0.373 e. The van der Waals surface area contributed by atoms with Gasteiger partial charge < -0.3 is 20.7 Å². The van der Waals surface area contributed by atoms with E-state index in [0.717, 1.165) is 36.2 Å². The summed E-state index contributed by atoms with van der Waals surface area (Å²) < 4.78 is 48.6. The summed E-state index contributed by atoms with van der Waals surface area (Å²) in [5.74, 6) is 1.15. The predicted molar refractivity (Wildman–Crippen MR) is 158 cm³/mol. The topological polar surface area (TPSA) is 109 Å². The van der Waals surface area contributed by atoms with Crippen molar-refractivity contribution in [2.45, 2.75) is 45.6 Å². The van der Waals surface area contributed by atoms with Crippen molar-refractivity contribution in [2.24, 2.45) is 0 Å². The van der Waals surface area contributed by atoms with E-state index in [0.29, 0.717) is 41.0 Å².